The van der Waals surface area contributed by atoms with Gasteiger partial charge >= 0.3 is 16.1 Å². The summed E-state index contributed by atoms with van der Waals surface area (Å²) in [6.45, 7) is 7.53. The van der Waals surface area contributed by atoms with Crippen molar-refractivity contribution in [2.75, 3.05) is 5.32 Å². The van der Waals surface area contributed by atoms with Gasteiger partial charge in [-0.05, 0) is 149 Å². The van der Waals surface area contributed by atoms with E-state index in [4.69, 9.17) is 5.14 Å². The van der Waals surface area contributed by atoms with Crippen LogP contribution in [0.5, 0.6) is 0 Å². The molecule has 4 aliphatic rings. The third kappa shape index (κ3) is 8.49. The van der Waals surface area contributed by atoms with Crippen LogP contribution in [0.3, 0.4) is 0 Å². The van der Waals surface area contributed by atoms with Gasteiger partial charge in [0.05, 0.1) is 11.9 Å². The first-order chi connectivity index (χ1) is 25.7. The van der Waals surface area contributed by atoms with Crippen LogP contribution in [0.4, 0.5) is 16.2 Å². The molecule has 17 heteroatoms. The van der Waals surface area contributed by atoms with Gasteiger partial charge in [-0.3, -0.25) is 4.68 Å². The van der Waals surface area contributed by atoms with Crippen molar-refractivity contribution in [1.82, 2.24) is 29.3 Å². The van der Waals surface area contributed by atoms with Crippen molar-refractivity contribution in [2.24, 2.45) is 10.1 Å². The second-order valence-electron chi connectivity index (χ2n) is 14.6. The lowest BCUT2D eigenvalue weighted by Crippen LogP contribution is -2.35. The van der Waals surface area contributed by atoms with Gasteiger partial charge in [-0.2, -0.15) is 18.5 Å². The van der Waals surface area contributed by atoms with E-state index in [1.165, 1.54) is 69.6 Å². The number of benzene rings is 2. The minimum Gasteiger partial charge on any atom is -0.307 e. The topological polar surface area (TPSA) is 213 Å². The molecule has 4 aromatic rings. The van der Waals surface area contributed by atoms with Gasteiger partial charge in [-0.25, -0.2) is 37.5 Å². The number of aromatic nitrogens is 5. The number of hydrogen-bond donors (Lipinski definition) is 3. The molecule has 4 N–H and O–H groups in total. The lowest BCUT2D eigenvalue weighted by Gasteiger charge is -2.16. The van der Waals surface area contributed by atoms with E-state index in [0.717, 1.165) is 86.7 Å². The smallest absolute Gasteiger partial charge is 0.307 e. The minimum atomic E-state index is -4.13. The third-order valence-electron chi connectivity index (χ3n) is 10.2. The number of nitrogens with zero attached hydrogens (tertiary/aromatic N) is 6. The minimum absolute atomic E-state index is 0.0234. The van der Waals surface area contributed by atoms with Crippen LogP contribution in [-0.4, -0.2) is 53.5 Å². The molecule has 2 aromatic heterocycles. The van der Waals surface area contributed by atoms with Gasteiger partial charge in [0.1, 0.15) is 11.2 Å². The van der Waals surface area contributed by atoms with Crippen LogP contribution in [0.1, 0.15) is 110 Å². The number of nitrogens with two attached hydrogens (primary N) is 1. The summed E-state index contributed by atoms with van der Waals surface area (Å²) in [6.07, 6.45) is 18.6. The predicted molar refractivity (Wildman–Crippen MR) is 202 cm³/mol. The normalized spacial score (nSPS) is 15.3. The number of fused-ring (bicyclic) bond motifs is 4. The zero-order chi connectivity index (χ0) is 38.8. The number of isocyanates is 1. The van der Waals surface area contributed by atoms with Crippen LogP contribution < -0.4 is 15.2 Å². The van der Waals surface area contributed by atoms with Crippen molar-refractivity contribution >= 4 is 43.5 Å². The van der Waals surface area contributed by atoms with Gasteiger partial charge in [0.25, 0.3) is 5.16 Å². The molecule has 2 aromatic carbocycles. The number of amides is 2. The average molecular weight is 778 g/mol. The fourth-order valence-electron chi connectivity index (χ4n) is 7.62. The molecular weight excluding hydrogens is 731 g/mol. The SMILES string of the molecule is CC(C)n1cc(S(N)(=O)=O)cn1.CC(C)n1cnc(S(=O)(=O)NC(=O)Nc2c3c(cc4c2CCC4)CCC3)n1.O=C=Nc1c2c(cc3c1CCC3)CCC2. The highest BCUT2D eigenvalue weighted by molar-refractivity contribution is 7.90. The predicted octanol–water partition coefficient (Wildman–Crippen LogP) is 5.09. The molecular formula is C37H47N9O6S2. The van der Waals surface area contributed by atoms with Gasteiger partial charge in [0.15, 0.2) is 0 Å². The molecule has 288 valence electrons. The number of rotatable bonds is 7. The summed E-state index contributed by atoms with van der Waals surface area (Å²) in [5.74, 6) is 0. The Bertz CT molecular complexity index is 2280. The number of hydrogen-bond acceptors (Lipinski definition) is 10. The number of primary sulfonamides is 1. The van der Waals surface area contributed by atoms with Gasteiger partial charge in [-0.15, -0.1) is 5.10 Å². The summed E-state index contributed by atoms with van der Waals surface area (Å²) in [7, 11) is -7.72. The molecule has 0 aliphatic heterocycles. The summed E-state index contributed by atoms with van der Waals surface area (Å²) < 4.78 is 51.5. The fraction of sp³-hybridized carbons (Fsp3) is 0.486. The Morgan fingerprint density at radius 1 is 0.796 bits per heavy atom. The Morgan fingerprint density at radius 2 is 1.30 bits per heavy atom. The molecule has 2 heterocycles. The van der Waals surface area contributed by atoms with E-state index in [9.17, 15) is 26.4 Å². The van der Waals surface area contributed by atoms with Crippen LogP contribution in [0.25, 0.3) is 0 Å². The number of aryl methyl sites for hydroxylation is 4. The molecule has 0 spiro atoms. The highest BCUT2D eigenvalue weighted by Gasteiger charge is 2.28. The molecule has 0 fully saturated rings. The van der Waals surface area contributed by atoms with Gasteiger partial charge in [0.2, 0.25) is 16.1 Å². The molecule has 54 heavy (non-hydrogen) atoms. The van der Waals surface area contributed by atoms with E-state index >= 15 is 0 Å². The van der Waals surface area contributed by atoms with Crippen LogP contribution in [-0.2, 0) is 76.2 Å². The van der Waals surface area contributed by atoms with Gasteiger partial charge in [-0.1, -0.05) is 12.1 Å². The third-order valence-corrected chi connectivity index (χ3v) is 12.2. The molecule has 4 aliphatic carbocycles. The first-order valence-corrected chi connectivity index (χ1v) is 21.4. The largest absolute Gasteiger partial charge is 0.333 e. The van der Waals surface area contributed by atoms with Crippen molar-refractivity contribution in [2.45, 2.75) is 127 Å². The highest BCUT2D eigenvalue weighted by atomic mass is 32.2. The quantitative estimate of drug-likeness (QED) is 0.168. The van der Waals surface area contributed by atoms with Crippen molar-refractivity contribution in [3.63, 3.8) is 0 Å². The van der Waals surface area contributed by atoms with Crippen molar-refractivity contribution in [3.05, 3.63) is 75.4 Å². The first kappa shape index (κ1) is 39.0. The van der Waals surface area contributed by atoms with E-state index in [1.54, 1.807) is 10.8 Å². The molecule has 0 unspecified atom stereocenters. The zero-order valence-electron chi connectivity index (χ0n) is 31.1. The molecule has 2 amide bonds. The number of nitrogens with one attached hydrogen (secondary N) is 2. The molecule has 0 atom stereocenters. The Kier molecular flexibility index (Phi) is 11.5. The lowest BCUT2D eigenvalue weighted by atomic mass is 9.99. The van der Waals surface area contributed by atoms with E-state index in [-0.39, 0.29) is 17.0 Å². The van der Waals surface area contributed by atoms with Crippen LogP contribution in [0.2, 0.25) is 0 Å². The summed E-state index contributed by atoms with van der Waals surface area (Å²) in [5.41, 5.74) is 12.1. The molecule has 0 saturated heterocycles. The number of carbonyl (C=O) groups excluding carboxylic acids is 2. The van der Waals surface area contributed by atoms with Crippen molar-refractivity contribution in [1.29, 1.82) is 0 Å². The Balaban J connectivity index is 0.000000154. The standard InChI is InChI=1S/C18H23N5O3S.C13H13NO.C6H11N3O2S/c1-11(2)23-10-19-18(21-23)27(25,26)22-17(24)20-16-14-7-3-5-12(14)9-13-6-4-8-15(13)16;15-8-14-13-11-5-1-3-9(11)7-10-4-2-6-12(10)13;1-5(2)9-4-6(3-8-9)12(7,10)11/h9-11H,3-8H2,1-2H3,(H2,20,22,24);7H,1-6H2;3-5H,1-2H3,(H2,7,10,11). The number of aliphatic imine (C=N–C) groups is 1. The van der Waals surface area contributed by atoms with E-state index in [0.29, 0.717) is 0 Å². The second-order valence-corrected chi connectivity index (χ2v) is 17.7. The fourth-order valence-corrected chi connectivity index (χ4v) is 8.84. The Morgan fingerprint density at radius 3 is 1.72 bits per heavy atom. The number of urea groups is 1. The first-order valence-electron chi connectivity index (χ1n) is 18.4. The maximum atomic E-state index is 12.5. The monoisotopic (exact) mass is 777 g/mol. The van der Waals surface area contributed by atoms with Gasteiger partial charge < -0.3 is 5.32 Å². The zero-order valence-corrected chi connectivity index (χ0v) is 32.7. The highest BCUT2D eigenvalue weighted by Crippen LogP contribution is 2.40. The Labute approximate surface area is 316 Å². The molecule has 0 radical (unpaired) electrons. The summed E-state index contributed by atoms with van der Waals surface area (Å²) in [5, 5.41) is 15.1. The molecule has 15 nitrogen and oxygen atoms in total. The van der Waals surface area contributed by atoms with Crippen LogP contribution in [0, 0.1) is 0 Å². The van der Waals surface area contributed by atoms with Crippen LogP contribution >= 0.6 is 0 Å². The maximum Gasteiger partial charge on any atom is 0.333 e. The number of anilines is 1. The summed E-state index contributed by atoms with van der Waals surface area (Å²) in [6, 6.07) is 3.94. The molecule has 8 rings (SSSR count). The van der Waals surface area contributed by atoms with Crippen molar-refractivity contribution in [3.8, 4) is 0 Å². The summed E-state index contributed by atoms with van der Waals surface area (Å²) >= 11 is 0. The van der Waals surface area contributed by atoms with E-state index in [2.05, 4.69) is 37.6 Å². The van der Waals surface area contributed by atoms with Gasteiger partial charge in [0, 0.05) is 24.0 Å². The summed E-state index contributed by atoms with van der Waals surface area (Å²) in [4.78, 5) is 30.8. The average Bonchev–Trinajstić information content (AvgIpc) is 3.96. The lowest BCUT2D eigenvalue weighted by molar-refractivity contribution is 0.256. The maximum absolute atomic E-state index is 12.5. The number of sulfonamides is 2. The van der Waals surface area contributed by atoms with Crippen LogP contribution in [0.15, 0.2) is 45.9 Å². The second kappa shape index (κ2) is 16.0. The molecule has 0 bridgehead atoms. The van der Waals surface area contributed by atoms with E-state index < -0.39 is 31.2 Å². The Hall–Kier alpha value is -4.70. The van der Waals surface area contributed by atoms with Crippen molar-refractivity contribution < 1.29 is 26.4 Å². The number of carbonyl (C=O) groups is 1. The van der Waals surface area contributed by atoms with E-state index in [1.807, 2.05) is 32.4 Å². The molecule has 0 saturated carbocycles.